The third kappa shape index (κ3) is 4.61. The van der Waals surface area contributed by atoms with Crippen LogP contribution in [-0.2, 0) is 13.1 Å². The van der Waals surface area contributed by atoms with E-state index in [0.29, 0.717) is 6.61 Å². The number of hydrogen-bond acceptors (Lipinski definition) is 2. The number of methoxy groups -OCH3 is 1. The largest absolute Gasteiger partial charge is 0.493 e. The predicted octanol–water partition coefficient (Wildman–Crippen LogP) is 2.96. The molecule has 0 saturated heterocycles. The second-order valence-corrected chi connectivity index (χ2v) is 5.89. The molecule has 4 heteroatoms. The lowest BCUT2D eigenvalue weighted by atomic mass is 10.2. The molecular weight excluding hydrogens is 377 g/mol. The highest BCUT2D eigenvalue weighted by Gasteiger charge is 2.11. The van der Waals surface area contributed by atoms with Crippen molar-refractivity contribution in [3.63, 3.8) is 0 Å². The van der Waals surface area contributed by atoms with Crippen LogP contribution in [0.2, 0.25) is 0 Å². The Hall–Kier alpha value is -1.27. The van der Waals surface area contributed by atoms with Crippen LogP contribution < -0.4 is 14.8 Å². The zero-order valence-corrected chi connectivity index (χ0v) is 14.6. The molecular formula is C17H21INO2+. The van der Waals surface area contributed by atoms with Gasteiger partial charge >= 0.3 is 0 Å². The van der Waals surface area contributed by atoms with Crippen LogP contribution in [-0.4, -0.2) is 13.7 Å². The minimum Gasteiger partial charge on any atom is -0.493 e. The Balaban J connectivity index is 2.02. The summed E-state index contributed by atoms with van der Waals surface area (Å²) in [5.41, 5.74) is 2.58. The number of halogens is 1. The summed E-state index contributed by atoms with van der Waals surface area (Å²) in [6.07, 6.45) is 0. The molecule has 0 unspecified atom stereocenters. The van der Waals surface area contributed by atoms with Gasteiger partial charge < -0.3 is 14.8 Å². The van der Waals surface area contributed by atoms with E-state index in [1.165, 1.54) is 11.1 Å². The molecule has 0 aromatic heterocycles. The number of quaternary nitrogens is 1. The van der Waals surface area contributed by atoms with Crippen molar-refractivity contribution in [2.45, 2.75) is 20.0 Å². The average molecular weight is 398 g/mol. The van der Waals surface area contributed by atoms with Crippen molar-refractivity contribution in [2.24, 2.45) is 0 Å². The van der Waals surface area contributed by atoms with Crippen molar-refractivity contribution in [3.8, 4) is 11.5 Å². The molecule has 0 aliphatic rings. The smallest absolute Gasteiger partial charge is 0.174 e. The van der Waals surface area contributed by atoms with Gasteiger partial charge in [0.05, 0.1) is 17.3 Å². The van der Waals surface area contributed by atoms with Crippen LogP contribution in [0.1, 0.15) is 18.1 Å². The molecule has 21 heavy (non-hydrogen) atoms. The highest BCUT2D eigenvalue weighted by atomic mass is 127. The highest BCUT2D eigenvalue weighted by molar-refractivity contribution is 14.1. The standard InChI is InChI=1S/C17H20INO2/c1-3-21-17-15(18)9-14(10-16(17)20-2)12-19-11-13-7-5-4-6-8-13/h4-10,19H,3,11-12H2,1-2H3/p+1. The average Bonchev–Trinajstić information content (AvgIpc) is 2.51. The maximum absolute atomic E-state index is 5.64. The topological polar surface area (TPSA) is 35.1 Å². The van der Waals surface area contributed by atoms with Crippen LogP contribution in [0, 0.1) is 3.57 Å². The van der Waals surface area contributed by atoms with E-state index < -0.39 is 0 Å². The molecule has 2 N–H and O–H groups in total. The maximum Gasteiger partial charge on any atom is 0.174 e. The Morgan fingerprint density at radius 2 is 1.76 bits per heavy atom. The van der Waals surface area contributed by atoms with Crippen molar-refractivity contribution in [1.82, 2.24) is 0 Å². The molecule has 0 amide bonds. The lowest BCUT2D eigenvalue weighted by molar-refractivity contribution is -0.686. The molecule has 0 fully saturated rings. The first-order chi connectivity index (χ1) is 10.2. The summed E-state index contributed by atoms with van der Waals surface area (Å²) in [5, 5.41) is 2.29. The fraction of sp³-hybridized carbons (Fsp3) is 0.294. The second-order valence-electron chi connectivity index (χ2n) is 4.72. The lowest BCUT2D eigenvalue weighted by Gasteiger charge is -2.13. The van der Waals surface area contributed by atoms with E-state index in [1.807, 2.05) is 13.0 Å². The Morgan fingerprint density at radius 1 is 1.05 bits per heavy atom. The summed E-state index contributed by atoms with van der Waals surface area (Å²) >= 11 is 2.30. The molecule has 0 atom stereocenters. The summed E-state index contributed by atoms with van der Waals surface area (Å²) < 4.78 is 12.2. The maximum atomic E-state index is 5.64. The Bertz CT molecular complexity index is 573. The molecule has 0 spiro atoms. The quantitative estimate of drug-likeness (QED) is 0.728. The van der Waals surface area contributed by atoms with Gasteiger partial charge in [-0.25, -0.2) is 0 Å². The van der Waals surface area contributed by atoms with Gasteiger partial charge in [-0.1, -0.05) is 30.3 Å². The van der Waals surface area contributed by atoms with Gasteiger partial charge in [0.25, 0.3) is 0 Å². The van der Waals surface area contributed by atoms with Crippen LogP contribution >= 0.6 is 22.6 Å². The highest BCUT2D eigenvalue weighted by Crippen LogP contribution is 2.33. The Kier molecular flexibility index (Phi) is 6.32. The molecule has 0 heterocycles. The fourth-order valence-corrected chi connectivity index (χ4v) is 3.02. The van der Waals surface area contributed by atoms with Gasteiger partial charge in [-0.15, -0.1) is 0 Å². The minimum atomic E-state index is 0.645. The van der Waals surface area contributed by atoms with E-state index in [-0.39, 0.29) is 0 Å². The molecule has 0 aliphatic carbocycles. The number of ether oxygens (including phenoxy) is 2. The van der Waals surface area contributed by atoms with Crippen molar-refractivity contribution >= 4 is 22.6 Å². The van der Waals surface area contributed by atoms with Gasteiger partial charge in [0.15, 0.2) is 11.5 Å². The van der Waals surface area contributed by atoms with Crippen molar-refractivity contribution < 1.29 is 14.8 Å². The normalized spacial score (nSPS) is 10.4. The molecule has 2 aromatic rings. The predicted molar refractivity (Wildman–Crippen MR) is 92.7 cm³/mol. The minimum absolute atomic E-state index is 0.645. The van der Waals surface area contributed by atoms with Crippen molar-refractivity contribution in [1.29, 1.82) is 0 Å². The first-order valence-corrected chi connectivity index (χ1v) is 8.17. The van der Waals surface area contributed by atoms with E-state index in [2.05, 4.69) is 64.3 Å². The second kappa shape index (κ2) is 8.24. The zero-order valence-electron chi connectivity index (χ0n) is 12.4. The van der Waals surface area contributed by atoms with Crippen LogP contribution in [0.5, 0.6) is 11.5 Å². The summed E-state index contributed by atoms with van der Waals surface area (Å²) in [5.74, 6) is 1.65. The number of rotatable bonds is 7. The Morgan fingerprint density at radius 3 is 2.43 bits per heavy atom. The van der Waals surface area contributed by atoms with Gasteiger partial charge in [-0.05, 0) is 41.6 Å². The van der Waals surface area contributed by atoms with E-state index in [0.717, 1.165) is 28.2 Å². The lowest BCUT2D eigenvalue weighted by Crippen LogP contribution is -2.80. The molecule has 2 rings (SSSR count). The van der Waals surface area contributed by atoms with E-state index in [9.17, 15) is 0 Å². The summed E-state index contributed by atoms with van der Waals surface area (Å²) in [7, 11) is 1.69. The summed E-state index contributed by atoms with van der Waals surface area (Å²) in [4.78, 5) is 0. The fourth-order valence-electron chi connectivity index (χ4n) is 2.20. The molecule has 0 radical (unpaired) electrons. The van der Waals surface area contributed by atoms with Crippen LogP contribution in [0.25, 0.3) is 0 Å². The third-order valence-electron chi connectivity index (χ3n) is 3.18. The van der Waals surface area contributed by atoms with Gasteiger partial charge in [-0.2, -0.15) is 0 Å². The number of hydrogen-bond donors (Lipinski definition) is 1. The van der Waals surface area contributed by atoms with Crippen LogP contribution in [0.4, 0.5) is 0 Å². The zero-order chi connectivity index (χ0) is 15.1. The van der Waals surface area contributed by atoms with E-state index >= 15 is 0 Å². The van der Waals surface area contributed by atoms with Crippen molar-refractivity contribution in [2.75, 3.05) is 13.7 Å². The first-order valence-electron chi connectivity index (χ1n) is 7.09. The monoisotopic (exact) mass is 398 g/mol. The van der Waals surface area contributed by atoms with Crippen LogP contribution in [0.3, 0.4) is 0 Å². The van der Waals surface area contributed by atoms with Gasteiger partial charge in [0.2, 0.25) is 0 Å². The molecule has 2 aromatic carbocycles. The van der Waals surface area contributed by atoms with Gasteiger partial charge in [-0.3, -0.25) is 0 Å². The molecule has 0 aliphatic heterocycles. The van der Waals surface area contributed by atoms with Gasteiger partial charge in [0, 0.05) is 11.1 Å². The third-order valence-corrected chi connectivity index (χ3v) is 3.98. The number of benzene rings is 2. The molecule has 0 saturated carbocycles. The van der Waals surface area contributed by atoms with Crippen LogP contribution in [0.15, 0.2) is 42.5 Å². The molecule has 3 nitrogen and oxygen atoms in total. The SMILES string of the molecule is CCOc1c(I)cc(C[NH2+]Cc2ccccc2)cc1OC. The summed E-state index contributed by atoms with van der Waals surface area (Å²) in [6.45, 7) is 4.53. The summed E-state index contributed by atoms with van der Waals surface area (Å²) in [6, 6.07) is 14.7. The number of nitrogens with two attached hydrogens (primary N) is 1. The van der Waals surface area contributed by atoms with Gasteiger partial charge in [0.1, 0.15) is 13.1 Å². The van der Waals surface area contributed by atoms with Crippen molar-refractivity contribution in [3.05, 3.63) is 57.2 Å². The molecule has 0 bridgehead atoms. The van der Waals surface area contributed by atoms with E-state index in [4.69, 9.17) is 9.47 Å². The molecule has 112 valence electrons. The van der Waals surface area contributed by atoms with E-state index in [1.54, 1.807) is 7.11 Å². The first kappa shape index (κ1) is 16.1. The Labute approximate surface area is 139 Å².